The minimum absolute atomic E-state index is 0.646. The first kappa shape index (κ1) is 11.0. The van der Waals surface area contributed by atoms with Gasteiger partial charge in [0, 0.05) is 0 Å². The molecule has 2 unspecified atom stereocenters. The van der Waals surface area contributed by atoms with Gasteiger partial charge in [-0.25, -0.2) is 0 Å². The minimum Gasteiger partial charge on any atom is -0.411 e. The Hall–Kier alpha value is -2.09. The maximum absolute atomic E-state index is 8.47. The molecular weight excluding hydrogens is 222 g/mol. The van der Waals surface area contributed by atoms with Crippen LogP contribution in [0.2, 0.25) is 0 Å². The maximum Gasteiger partial charge on any atom is 0.0733 e. The molecule has 0 aliphatic heterocycles. The lowest BCUT2D eigenvalue weighted by Crippen LogP contribution is -1.86. The molecule has 2 atom stereocenters. The van der Waals surface area contributed by atoms with E-state index in [2.05, 4.69) is 47.6 Å². The van der Waals surface area contributed by atoms with E-state index in [1.807, 2.05) is 12.1 Å². The summed E-state index contributed by atoms with van der Waals surface area (Å²) in [6, 6.07) is 18.9. The number of rotatable bonds is 3. The number of hydrogen-bond acceptors (Lipinski definition) is 2. The molecule has 1 fully saturated rings. The number of benzene rings is 2. The molecule has 0 bridgehead atoms. The highest BCUT2D eigenvalue weighted by atomic mass is 16.4. The highest BCUT2D eigenvalue weighted by molar-refractivity contribution is 5.79. The van der Waals surface area contributed by atoms with Gasteiger partial charge in [-0.05, 0) is 34.9 Å². The van der Waals surface area contributed by atoms with Gasteiger partial charge in [-0.2, -0.15) is 0 Å². The van der Waals surface area contributed by atoms with Crippen LogP contribution in [0.4, 0.5) is 0 Å². The maximum atomic E-state index is 8.47. The van der Waals surface area contributed by atoms with Crippen molar-refractivity contribution in [1.29, 1.82) is 0 Å². The van der Waals surface area contributed by atoms with Crippen LogP contribution < -0.4 is 0 Å². The van der Waals surface area contributed by atoms with Crippen LogP contribution in [0.1, 0.15) is 34.9 Å². The van der Waals surface area contributed by atoms with Crippen LogP contribution in [0.25, 0.3) is 0 Å². The predicted octanol–water partition coefficient (Wildman–Crippen LogP) is 3.77. The summed E-state index contributed by atoms with van der Waals surface area (Å²) in [5, 5.41) is 11.5. The molecule has 3 rings (SSSR count). The van der Waals surface area contributed by atoms with Crippen LogP contribution in [-0.4, -0.2) is 11.4 Å². The fraction of sp³-hybridized carbons (Fsp3) is 0.188. The highest BCUT2D eigenvalue weighted by Crippen LogP contribution is 2.54. The first-order chi connectivity index (χ1) is 8.88. The van der Waals surface area contributed by atoms with Crippen molar-refractivity contribution in [2.75, 3.05) is 0 Å². The summed E-state index contributed by atoms with van der Waals surface area (Å²) in [5.74, 6) is 1.32. The molecule has 0 saturated heterocycles. The van der Waals surface area contributed by atoms with Crippen LogP contribution in [-0.2, 0) is 0 Å². The third-order valence-corrected chi connectivity index (χ3v) is 3.59. The van der Waals surface area contributed by atoms with Gasteiger partial charge < -0.3 is 5.21 Å². The van der Waals surface area contributed by atoms with E-state index in [9.17, 15) is 0 Å². The van der Waals surface area contributed by atoms with E-state index in [1.54, 1.807) is 0 Å². The predicted molar refractivity (Wildman–Crippen MR) is 72.4 cm³/mol. The monoisotopic (exact) mass is 237 g/mol. The zero-order chi connectivity index (χ0) is 12.4. The van der Waals surface area contributed by atoms with Crippen LogP contribution in [0, 0.1) is 0 Å². The van der Waals surface area contributed by atoms with E-state index in [0.29, 0.717) is 11.8 Å². The third kappa shape index (κ3) is 2.14. The molecule has 0 spiro atoms. The summed E-state index contributed by atoms with van der Waals surface area (Å²) in [4.78, 5) is 0. The number of oxime groups is 1. The molecule has 90 valence electrons. The van der Waals surface area contributed by atoms with Crippen molar-refractivity contribution in [2.45, 2.75) is 18.3 Å². The number of nitrogens with zero attached hydrogens (tertiary/aromatic N) is 1. The van der Waals surface area contributed by atoms with E-state index in [0.717, 1.165) is 5.56 Å². The fourth-order valence-electron chi connectivity index (χ4n) is 2.53. The second kappa shape index (κ2) is 4.65. The second-order valence-electron chi connectivity index (χ2n) is 4.77. The molecule has 2 aromatic rings. The van der Waals surface area contributed by atoms with Crippen molar-refractivity contribution in [2.24, 2.45) is 5.16 Å². The van der Waals surface area contributed by atoms with Gasteiger partial charge in [-0.1, -0.05) is 59.8 Å². The Morgan fingerprint density at radius 1 is 0.889 bits per heavy atom. The Bertz CT molecular complexity index is 545. The summed E-state index contributed by atoms with van der Waals surface area (Å²) in [5.41, 5.74) is 3.74. The van der Waals surface area contributed by atoms with Gasteiger partial charge in [-0.15, -0.1) is 0 Å². The normalized spacial score (nSPS) is 22.2. The van der Waals surface area contributed by atoms with Crippen molar-refractivity contribution in [3.63, 3.8) is 0 Å². The van der Waals surface area contributed by atoms with Crippen molar-refractivity contribution >= 4 is 6.21 Å². The van der Waals surface area contributed by atoms with Gasteiger partial charge in [0.05, 0.1) is 6.21 Å². The summed E-state index contributed by atoms with van der Waals surface area (Å²) >= 11 is 0. The van der Waals surface area contributed by atoms with Crippen LogP contribution in [0.3, 0.4) is 0 Å². The number of hydrogen-bond donors (Lipinski definition) is 1. The van der Waals surface area contributed by atoms with Gasteiger partial charge in [0.25, 0.3) is 0 Å². The van der Waals surface area contributed by atoms with Crippen molar-refractivity contribution in [3.8, 4) is 0 Å². The molecule has 1 N–H and O–H groups in total. The third-order valence-electron chi connectivity index (χ3n) is 3.59. The topological polar surface area (TPSA) is 32.6 Å². The van der Waals surface area contributed by atoms with Crippen LogP contribution in [0.15, 0.2) is 59.8 Å². The van der Waals surface area contributed by atoms with E-state index >= 15 is 0 Å². The lowest BCUT2D eigenvalue weighted by molar-refractivity contribution is 0.322. The van der Waals surface area contributed by atoms with Crippen LogP contribution in [0.5, 0.6) is 0 Å². The Labute approximate surface area is 107 Å². The van der Waals surface area contributed by atoms with Gasteiger partial charge in [0.15, 0.2) is 0 Å². The molecule has 0 radical (unpaired) electrons. The summed E-state index contributed by atoms with van der Waals surface area (Å²) in [6.07, 6.45) is 2.68. The zero-order valence-corrected chi connectivity index (χ0v) is 10.0. The molecule has 1 aliphatic rings. The molecule has 18 heavy (non-hydrogen) atoms. The quantitative estimate of drug-likeness (QED) is 0.492. The fourth-order valence-corrected chi connectivity index (χ4v) is 2.53. The lowest BCUT2D eigenvalue weighted by Gasteiger charge is -2.01. The van der Waals surface area contributed by atoms with E-state index in [-0.39, 0.29) is 0 Å². The molecule has 1 aliphatic carbocycles. The largest absolute Gasteiger partial charge is 0.411 e. The van der Waals surface area contributed by atoms with Gasteiger partial charge >= 0.3 is 0 Å². The Kier molecular flexibility index (Phi) is 2.85. The summed E-state index contributed by atoms with van der Waals surface area (Å²) in [6.45, 7) is 0. The zero-order valence-electron chi connectivity index (χ0n) is 10.0. The van der Waals surface area contributed by atoms with E-state index in [1.165, 1.54) is 23.8 Å². The lowest BCUT2D eigenvalue weighted by atomic mass is 10.0. The van der Waals surface area contributed by atoms with Gasteiger partial charge in [0.1, 0.15) is 0 Å². The molecule has 0 amide bonds. The first-order valence-corrected chi connectivity index (χ1v) is 6.21. The van der Waals surface area contributed by atoms with Gasteiger partial charge in [-0.3, -0.25) is 0 Å². The highest BCUT2D eigenvalue weighted by Gasteiger charge is 2.39. The minimum atomic E-state index is 0.646. The Balaban J connectivity index is 1.74. The SMILES string of the molecule is ON=Cc1ccc(C2CC2c2ccccc2)cc1. The standard InChI is InChI=1S/C16H15NO/c18-17-11-12-6-8-14(9-7-12)16-10-15(16)13-4-2-1-3-5-13/h1-9,11,15-16,18H,10H2. The van der Waals surface area contributed by atoms with Crippen LogP contribution >= 0.6 is 0 Å². The molecule has 1 saturated carbocycles. The Morgan fingerprint density at radius 2 is 1.50 bits per heavy atom. The molecule has 2 nitrogen and oxygen atoms in total. The molecule has 2 heteroatoms. The smallest absolute Gasteiger partial charge is 0.0733 e. The first-order valence-electron chi connectivity index (χ1n) is 6.21. The van der Waals surface area contributed by atoms with Crippen molar-refractivity contribution in [3.05, 3.63) is 71.3 Å². The average Bonchev–Trinajstić information content (AvgIpc) is 3.21. The second-order valence-corrected chi connectivity index (χ2v) is 4.77. The van der Waals surface area contributed by atoms with E-state index in [4.69, 9.17) is 5.21 Å². The van der Waals surface area contributed by atoms with Crippen molar-refractivity contribution in [1.82, 2.24) is 0 Å². The Morgan fingerprint density at radius 3 is 2.11 bits per heavy atom. The summed E-state index contributed by atoms with van der Waals surface area (Å²) < 4.78 is 0. The van der Waals surface area contributed by atoms with Gasteiger partial charge in [0.2, 0.25) is 0 Å². The molecule has 0 heterocycles. The molecular formula is C16H15NO. The van der Waals surface area contributed by atoms with E-state index < -0.39 is 0 Å². The average molecular weight is 237 g/mol. The molecule has 2 aromatic carbocycles. The summed E-state index contributed by atoms with van der Waals surface area (Å²) in [7, 11) is 0. The molecule has 0 aromatic heterocycles. The van der Waals surface area contributed by atoms with Crippen molar-refractivity contribution < 1.29 is 5.21 Å².